The molecule has 0 aromatic rings. The van der Waals surface area contributed by atoms with Crippen LogP contribution in [0.3, 0.4) is 0 Å². The van der Waals surface area contributed by atoms with E-state index < -0.39 is 0 Å². The molecular weight excluding hydrogens is 238 g/mol. The molecule has 1 aliphatic heterocycles. The largest absolute Gasteiger partial charge is 0.354 e. The van der Waals surface area contributed by atoms with Crippen LogP contribution in [-0.4, -0.2) is 50.6 Å². The Balaban J connectivity index is 2.50. The van der Waals surface area contributed by atoms with Crippen molar-refractivity contribution in [1.29, 1.82) is 0 Å². The minimum Gasteiger partial charge on any atom is -0.354 e. The molecule has 4 heteroatoms. The monoisotopic (exact) mass is 269 g/mol. The summed E-state index contributed by atoms with van der Waals surface area (Å²) in [5.74, 6) is 0.150. The van der Waals surface area contributed by atoms with E-state index in [4.69, 9.17) is 0 Å². The van der Waals surface area contributed by atoms with Gasteiger partial charge in [0.05, 0.1) is 6.04 Å². The number of carbonyl (C=O) groups excluding carboxylic acids is 1. The number of carbonyl (C=O) groups is 1. The van der Waals surface area contributed by atoms with Crippen molar-refractivity contribution < 1.29 is 4.79 Å². The number of nitrogens with one attached hydrogen (secondary N) is 2. The van der Waals surface area contributed by atoms with Gasteiger partial charge in [0.1, 0.15) is 0 Å². The first kappa shape index (κ1) is 16.4. The van der Waals surface area contributed by atoms with E-state index in [-0.39, 0.29) is 22.8 Å². The topological polar surface area (TPSA) is 44.4 Å². The van der Waals surface area contributed by atoms with Gasteiger partial charge in [-0.05, 0) is 44.3 Å². The first-order valence-corrected chi connectivity index (χ1v) is 7.30. The highest BCUT2D eigenvalue weighted by Gasteiger charge is 2.37. The molecule has 1 unspecified atom stereocenters. The maximum atomic E-state index is 12.4. The van der Waals surface area contributed by atoms with Crippen LogP contribution < -0.4 is 10.6 Å². The van der Waals surface area contributed by atoms with E-state index in [1.165, 1.54) is 0 Å². The second kappa shape index (κ2) is 6.23. The SMILES string of the molecule is CN(C)CC(C)(C)CNC(=O)C1NCCCC1(C)C. The molecule has 1 atom stereocenters. The average Bonchev–Trinajstić information content (AvgIpc) is 2.23. The van der Waals surface area contributed by atoms with Crippen LogP contribution in [0.5, 0.6) is 0 Å². The van der Waals surface area contributed by atoms with Crippen molar-refractivity contribution in [2.24, 2.45) is 10.8 Å². The standard InChI is InChI=1S/C15H31N3O/c1-14(2,11-18(5)6)10-17-13(19)12-15(3,4)8-7-9-16-12/h12,16H,7-11H2,1-6H3,(H,17,19). The minimum atomic E-state index is -0.0589. The predicted molar refractivity (Wildman–Crippen MR) is 80.2 cm³/mol. The molecule has 2 N–H and O–H groups in total. The van der Waals surface area contributed by atoms with Gasteiger partial charge in [-0.1, -0.05) is 27.7 Å². The Morgan fingerprint density at radius 3 is 2.58 bits per heavy atom. The summed E-state index contributed by atoms with van der Waals surface area (Å²) in [7, 11) is 4.13. The van der Waals surface area contributed by atoms with Crippen LogP contribution in [0.25, 0.3) is 0 Å². The van der Waals surface area contributed by atoms with Crippen molar-refractivity contribution in [2.75, 3.05) is 33.7 Å². The van der Waals surface area contributed by atoms with E-state index in [1.54, 1.807) is 0 Å². The van der Waals surface area contributed by atoms with Gasteiger partial charge in [-0.3, -0.25) is 4.79 Å². The fraction of sp³-hybridized carbons (Fsp3) is 0.933. The summed E-state index contributed by atoms with van der Waals surface area (Å²) in [6.45, 7) is 11.4. The second-order valence-corrected chi connectivity index (χ2v) is 7.60. The quantitative estimate of drug-likeness (QED) is 0.794. The summed E-state index contributed by atoms with van der Waals surface area (Å²) in [5, 5.41) is 6.49. The zero-order valence-electron chi connectivity index (χ0n) is 13.5. The highest BCUT2D eigenvalue weighted by Crippen LogP contribution is 2.30. The lowest BCUT2D eigenvalue weighted by atomic mass is 9.77. The van der Waals surface area contributed by atoms with Gasteiger partial charge < -0.3 is 15.5 Å². The molecule has 1 saturated heterocycles. The normalized spacial score (nSPS) is 23.4. The first-order chi connectivity index (χ1) is 8.64. The molecule has 112 valence electrons. The van der Waals surface area contributed by atoms with Crippen molar-refractivity contribution in [3.63, 3.8) is 0 Å². The van der Waals surface area contributed by atoms with E-state index in [9.17, 15) is 4.79 Å². The van der Waals surface area contributed by atoms with E-state index in [1.807, 2.05) is 0 Å². The zero-order chi connectivity index (χ0) is 14.7. The van der Waals surface area contributed by atoms with Gasteiger partial charge in [-0.15, -0.1) is 0 Å². The summed E-state index contributed by atoms with van der Waals surface area (Å²) in [6.07, 6.45) is 2.27. The Hall–Kier alpha value is -0.610. The molecule has 19 heavy (non-hydrogen) atoms. The molecule has 1 fully saturated rings. The molecule has 0 aromatic carbocycles. The Morgan fingerprint density at radius 1 is 1.42 bits per heavy atom. The van der Waals surface area contributed by atoms with Gasteiger partial charge >= 0.3 is 0 Å². The van der Waals surface area contributed by atoms with E-state index in [0.717, 1.165) is 32.5 Å². The van der Waals surface area contributed by atoms with Gasteiger partial charge in [0.25, 0.3) is 0 Å². The lowest BCUT2D eigenvalue weighted by molar-refractivity contribution is -0.127. The average molecular weight is 269 g/mol. The molecule has 0 spiro atoms. The molecule has 1 rings (SSSR count). The van der Waals surface area contributed by atoms with Crippen molar-refractivity contribution in [2.45, 2.75) is 46.6 Å². The number of amides is 1. The molecule has 1 heterocycles. The van der Waals surface area contributed by atoms with E-state index >= 15 is 0 Å². The third-order valence-electron chi connectivity index (χ3n) is 3.88. The van der Waals surface area contributed by atoms with Crippen molar-refractivity contribution in [3.05, 3.63) is 0 Å². The Bertz CT molecular complexity index is 311. The van der Waals surface area contributed by atoms with Crippen molar-refractivity contribution >= 4 is 5.91 Å². The highest BCUT2D eigenvalue weighted by molar-refractivity contribution is 5.82. The lowest BCUT2D eigenvalue weighted by Crippen LogP contribution is -2.56. The van der Waals surface area contributed by atoms with Gasteiger partial charge in [0, 0.05) is 13.1 Å². The molecule has 4 nitrogen and oxygen atoms in total. The summed E-state index contributed by atoms with van der Waals surface area (Å²) in [6, 6.07) is -0.0589. The van der Waals surface area contributed by atoms with Crippen molar-refractivity contribution in [3.8, 4) is 0 Å². The van der Waals surface area contributed by atoms with E-state index in [2.05, 4.69) is 57.3 Å². The molecule has 0 radical (unpaired) electrons. The zero-order valence-corrected chi connectivity index (χ0v) is 13.5. The summed E-state index contributed by atoms with van der Waals surface area (Å²) in [4.78, 5) is 14.5. The first-order valence-electron chi connectivity index (χ1n) is 7.30. The van der Waals surface area contributed by atoms with Gasteiger partial charge in [-0.25, -0.2) is 0 Å². The maximum Gasteiger partial charge on any atom is 0.237 e. The van der Waals surface area contributed by atoms with Crippen LogP contribution in [0.1, 0.15) is 40.5 Å². The van der Waals surface area contributed by atoms with Gasteiger partial charge in [-0.2, -0.15) is 0 Å². The lowest BCUT2D eigenvalue weighted by Gasteiger charge is -2.39. The predicted octanol–water partition coefficient (Wildman–Crippen LogP) is 1.47. The number of nitrogens with zero attached hydrogens (tertiary/aromatic N) is 1. The van der Waals surface area contributed by atoms with Crippen LogP contribution in [-0.2, 0) is 4.79 Å². The van der Waals surface area contributed by atoms with Crippen LogP contribution in [0.15, 0.2) is 0 Å². The maximum absolute atomic E-state index is 12.4. The minimum absolute atomic E-state index is 0.0496. The Kier molecular flexibility index (Phi) is 5.39. The molecule has 0 bridgehead atoms. The Morgan fingerprint density at radius 2 is 2.05 bits per heavy atom. The van der Waals surface area contributed by atoms with Crippen molar-refractivity contribution in [1.82, 2.24) is 15.5 Å². The van der Waals surface area contributed by atoms with Crippen LogP contribution in [0.4, 0.5) is 0 Å². The molecule has 1 aliphatic rings. The number of rotatable bonds is 5. The fourth-order valence-electron chi connectivity index (χ4n) is 3.00. The highest BCUT2D eigenvalue weighted by atomic mass is 16.2. The summed E-state index contributed by atoms with van der Waals surface area (Å²) >= 11 is 0. The van der Waals surface area contributed by atoms with Crippen LogP contribution >= 0.6 is 0 Å². The third-order valence-corrected chi connectivity index (χ3v) is 3.88. The smallest absolute Gasteiger partial charge is 0.237 e. The number of piperidine rings is 1. The summed E-state index contributed by atoms with van der Waals surface area (Å²) < 4.78 is 0. The molecule has 0 aromatic heterocycles. The van der Waals surface area contributed by atoms with Crippen LogP contribution in [0.2, 0.25) is 0 Å². The number of hydrogen-bond acceptors (Lipinski definition) is 3. The second-order valence-electron chi connectivity index (χ2n) is 7.60. The fourth-order valence-corrected chi connectivity index (χ4v) is 3.00. The van der Waals surface area contributed by atoms with Gasteiger partial charge in [0.15, 0.2) is 0 Å². The molecule has 1 amide bonds. The summed E-state index contributed by atoms with van der Waals surface area (Å²) in [5.41, 5.74) is 0.145. The number of hydrogen-bond donors (Lipinski definition) is 2. The van der Waals surface area contributed by atoms with Crippen LogP contribution in [0, 0.1) is 10.8 Å². The van der Waals surface area contributed by atoms with E-state index in [0.29, 0.717) is 0 Å². The third kappa shape index (κ3) is 5.11. The Labute approximate surface area is 118 Å². The molecule has 0 aliphatic carbocycles. The molecule has 0 saturated carbocycles. The van der Waals surface area contributed by atoms with Gasteiger partial charge in [0.2, 0.25) is 5.91 Å². The molecular formula is C15H31N3O.